The van der Waals surface area contributed by atoms with Crippen molar-refractivity contribution in [3.63, 3.8) is 0 Å². The second-order valence-corrected chi connectivity index (χ2v) is 4.48. The zero-order chi connectivity index (χ0) is 11.3. The molecule has 0 amide bonds. The molecule has 1 unspecified atom stereocenters. The molecule has 0 aliphatic carbocycles. The Morgan fingerprint density at radius 3 is 2.93 bits per heavy atom. The first-order chi connectivity index (χ1) is 7.11. The average Bonchev–Trinajstić information content (AvgIpc) is 2.39. The maximum absolute atomic E-state index is 10.6. The Balaban J connectivity index is 2.50. The molecule has 1 aliphatic heterocycles. The van der Waals surface area contributed by atoms with Crippen LogP contribution < -0.4 is 5.32 Å². The first-order valence-corrected chi connectivity index (χ1v) is 5.79. The third kappa shape index (κ3) is 4.18. The van der Waals surface area contributed by atoms with Crippen LogP contribution in [0.2, 0.25) is 0 Å². The smallest absolute Gasteiger partial charge is 0.303 e. The zero-order valence-electron chi connectivity index (χ0n) is 9.70. The van der Waals surface area contributed by atoms with Crippen LogP contribution in [0.25, 0.3) is 0 Å². The minimum absolute atomic E-state index is 0.273. The van der Waals surface area contributed by atoms with Gasteiger partial charge < -0.3 is 10.4 Å². The van der Waals surface area contributed by atoms with E-state index in [-0.39, 0.29) is 6.42 Å². The maximum Gasteiger partial charge on any atom is 0.303 e. The van der Waals surface area contributed by atoms with Crippen LogP contribution in [0.15, 0.2) is 0 Å². The van der Waals surface area contributed by atoms with Crippen LogP contribution in [0.5, 0.6) is 0 Å². The van der Waals surface area contributed by atoms with Crippen molar-refractivity contribution in [1.29, 1.82) is 0 Å². The molecule has 0 saturated carbocycles. The fourth-order valence-electron chi connectivity index (χ4n) is 2.19. The molecule has 0 spiro atoms. The number of carboxylic acid groups (broad SMARTS) is 1. The van der Waals surface area contributed by atoms with Crippen molar-refractivity contribution in [2.75, 3.05) is 19.6 Å². The molecule has 15 heavy (non-hydrogen) atoms. The highest BCUT2D eigenvalue weighted by Gasteiger charge is 2.23. The highest BCUT2D eigenvalue weighted by Crippen LogP contribution is 2.13. The number of nitrogens with one attached hydrogen (secondary N) is 1. The molecule has 0 aromatic heterocycles. The van der Waals surface area contributed by atoms with Gasteiger partial charge in [-0.3, -0.25) is 9.69 Å². The Morgan fingerprint density at radius 2 is 2.33 bits per heavy atom. The van der Waals surface area contributed by atoms with Crippen molar-refractivity contribution < 1.29 is 9.90 Å². The van der Waals surface area contributed by atoms with Gasteiger partial charge in [-0.2, -0.15) is 0 Å². The third-order valence-corrected chi connectivity index (χ3v) is 2.97. The van der Waals surface area contributed by atoms with Gasteiger partial charge in [-0.25, -0.2) is 0 Å². The van der Waals surface area contributed by atoms with Gasteiger partial charge in [-0.1, -0.05) is 0 Å². The Labute approximate surface area is 91.6 Å². The molecule has 0 radical (unpaired) electrons. The highest BCUT2D eigenvalue weighted by molar-refractivity contribution is 5.66. The van der Waals surface area contributed by atoms with Gasteiger partial charge in [-0.15, -0.1) is 0 Å². The number of hydrogen-bond acceptors (Lipinski definition) is 3. The third-order valence-electron chi connectivity index (χ3n) is 2.97. The van der Waals surface area contributed by atoms with Crippen LogP contribution in [0, 0.1) is 0 Å². The predicted molar refractivity (Wildman–Crippen MR) is 60.0 cm³/mol. The van der Waals surface area contributed by atoms with Crippen molar-refractivity contribution in [2.24, 2.45) is 0 Å². The summed E-state index contributed by atoms with van der Waals surface area (Å²) in [6.45, 7) is 7.41. The van der Waals surface area contributed by atoms with Crippen LogP contribution in [0.4, 0.5) is 0 Å². The molecule has 2 N–H and O–H groups in total. The minimum Gasteiger partial charge on any atom is -0.481 e. The van der Waals surface area contributed by atoms with E-state index < -0.39 is 5.97 Å². The standard InChI is InChI=1S/C11H22N2O2/c1-9(2)13-7-3-6-12-8-10(13)4-5-11(14)15/h9-10,12H,3-8H2,1-2H3,(H,14,15). The molecule has 1 atom stereocenters. The predicted octanol–water partition coefficient (Wildman–Crippen LogP) is 0.923. The second-order valence-electron chi connectivity index (χ2n) is 4.48. The van der Waals surface area contributed by atoms with Crippen LogP contribution in [-0.2, 0) is 4.79 Å². The Morgan fingerprint density at radius 1 is 1.60 bits per heavy atom. The second kappa shape index (κ2) is 6.08. The minimum atomic E-state index is -0.692. The molecule has 0 bridgehead atoms. The molecule has 0 aromatic carbocycles. The molecular weight excluding hydrogens is 192 g/mol. The zero-order valence-corrected chi connectivity index (χ0v) is 9.70. The van der Waals surface area contributed by atoms with Gasteiger partial charge in [0, 0.05) is 25.0 Å². The quantitative estimate of drug-likeness (QED) is 0.731. The molecule has 1 rings (SSSR count). The van der Waals surface area contributed by atoms with Crippen molar-refractivity contribution >= 4 is 5.97 Å². The van der Waals surface area contributed by atoms with E-state index in [0.717, 1.165) is 32.5 Å². The van der Waals surface area contributed by atoms with Crippen LogP contribution in [0.1, 0.15) is 33.1 Å². The lowest BCUT2D eigenvalue weighted by molar-refractivity contribution is -0.137. The van der Waals surface area contributed by atoms with Crippen LogP contribution in [-0.4, -0.2) is 47.7 Å². The summed E-state index contributed by atoms with van der Waals surface area (Å²) in [4.78, 5) is 13.0. The molecule has 1 saturated heterocycles. The van der Waals surface area contributed by atoms with Gasteiger partial charge in [0.15, 0.2) is 0 Å². The maximum atomic E-state index is 10.6. The molecular formula is C11H22N2O2. The Kier molecular flexibility index (Phi) is 5.05. The fourth-order valence-corrected chi connectivity index (χ4v) is 2.19. The summed E-state index contributed by atoms with van der Waals surface area (Å²) in [5.74, 6) is -0.692. The van der Waals surface area contributed by atoms with Crippen LogP contribution >= 0.6 is 0 Å². The van der Waals surface area contributed by atoms with Gasteiger partial charge in [0.25, 0.3) is 0 Å². The van der Waals surface area contributed by atoms with E-state index in [1.807, 2.05) is 0 Å². The van der Waals surface area contributed by atoms with E-state index in [2.05, 4.69) is 24.1 Å². The molecule has 4 nitrogen and oxygen atoms in total. The first-order valence-electron chi connectivity index (χ1n) is 5.79. The molecule has 1 aliphatic rings. The van der Waals surface area contributed by atoms with E-state index >= 15 is 0 Å². The first kappa shape index (κ1) is 12.5. The number of rotatable bonds is 4. The molecule has 1 heterocycles. The number of hydrogen-bond donors (Lipinski definition) is 2. The summed E-state index contributed by atoms with van der Waals surface area (Å²) in [6.07, 6.45) is 2.18. The van der Waals surface area contributed by atoms with Crippen molar-refractivity contribution in [2.45, 2.75) is 45.2 Å². The summed E-state index contributed by atoms with van der Waals surface area (Å²) >= 11 is 0. The molecule has 1 fully saturated rings. The Bertz CT molecular complexity index is 207. The largest absolute Gasteiger partial charge is 0.481 e. The Hall–Kier alpha value is -0.610. The lowest BCUT2D eigenvalue weighted by Gasteiger charge is -2.32. The van der Waals surface area contributed by atoms with E-state index in [4.69, 9.17) is 5.11 Å². The number of nitrogens with zero attached hydrogens (tertiary/aromatic N) is 1. The van der Waals surface area contributed by atoms with Gasteiger partial charge >= 0.3 is 5.97 Å². The van der Waals surface area contributed by atoms with Crippen molar-refractivity contribution in [1.82, 2.24) is 10.2 Å². The van der Waals surface area contributed by atoms with Gasteiger partial charge in [0.1, 0.15) is 0 Å². The van der Waals surface area contributed by atoms with Crippen molar-refractivity contribution in [3.8, 4) is 0 Å². The molecule has 4 heteroatoms. The van der Waals surface area contributed by atoms with Gasteiger partial charge in [0.2, 0.25) is 0 Å². The van der Waals surface area contributed by atoms with Crippen LogP contribution in [0.3, 0.4) is 0 Å². The number of carbonyl (C=O) groups is 1. The van der Waals surface area contributed by atoms with Gasteiger partial charge in [0.05, 0.1) is 0 Å². The lowest BCUT2D eigenvalue weighted by atomic mass is 10.1. The summed E-state index contributed by atoms with van der Waals surface area (Å²) in [6, 6.07) is 0.882. The van der Waals surface area contributed by atoms with E-state index in [1.165, 1.54) is 0 Å². The summed E-state index contributed by atoms with van der Waals surface area (Å²) in [7, 11) is 0. The summed E-state index contributed by atoms with van der Waals surface area (Å²) < 4.78 is 0. The highest BCUT2D eigenvalue weighted by atomic mass is 16.4. The number of aliphatic carboxylic acids is 1. The molecule has 0 aromatic rings. The summed E-state index contributed by atoms with van der Waals surface area (Å²) in [5, 5.41) is 12.1. The normalized spacial score (nSPS) is 24.1. The van der Waals surface area contributed by atoms with Crippen molar-refractivity contribution in [3.05, 3.63) is 0 Å². The monoisotopic (exact) mass is 214 g/mol. The van der Waals surface area contributed by atoms with Gasteiger partial charge in [-0.05, 0) is 39.8 Å². The van der Waals surface area contributed by atoms with E-state index in [9.17, 15) is 4.79 Å². The fraction of sp³-hybridized carbons (Fsp3) is 0.909. The average molecular weight is 214 g/mol. The van der Waals surface area contributed by atoms with E-state index in [0.29, 0.717) is 12.1 Å². The van der Waals surface area contributed by atoms with E-state index in [1.54, 1.807) is 0 Å². The topological polar surface area (TPSA) is 52.6 Å². The SMILES string of the molecule is CC(C)N1CCCNCC1CCC(=O)O. The lowest BCUT2D eigenvalue weighted by Crippen LogP contribution is -2.43. The summed E-state index contributed by atoms with van der Waals surface area (Å²) in [5.41, 5.74) is 0. The number of carboxylic acids is 1. The molecule has 88 valence electrons.